The molecule has 2 aromatic carbocycles. The number of urea groups is 1. The summed E-state index contributed by atoms with van der Waals surface area (Å²) >= 11 is 0. The van der Waals surface area contributed by atoms with Gasteiger partial charge in [0.1, 0.15) is 12.4 Å². The predicted octanol–water partition coefficient (Wildman–Crippen LogP) is 3.71. The molecule has 0 fully saturated rings. The number of benzene rings is 2. The number of carbonyl (C=O) groups is 1. The van der Waals surface area contributed by atoms with Crippen LogP contribution in [0.3, 0.4) is 0 Å². The number of aromatic amines is 1. The summed E-state index contributed by atoms with van der Waals surface area (Å²) < 4.78 is 5.67. The van der Waals surface area contributed by atoms with Gasteiger partial charge >= 0.3 is 6.03 Å². The lowest BCUT2D eigenvalue weighted by molar-refractivity contribution is 0.236. The minimum Gasteiger partial charge on any atom is -0.491 e. The van der Waals surface area contributed by atoms with Gasteiger partial charge in [0, 0.05) is 23.1 Å². The number of fused-ring (bicyclic) bond motifs is 1. The van der Waals surface area contributed by atoms with E-state index >= 15 is 0 Å². The third-order valence-electron chi connectivity index (χ3n) is 4.43. The monoisotopic (exact) mass is 351 g/mol. The van der Waals surface area contributed by atoms with E-state index in [-0.39, 0.29) is 6.03 Å². The van der Waals surface area contributed by atoms with E-state index in [1.165, 1.54) is 10.9 Å². The summed E-state index contributed by atoms with van der Waals surface area (Å²) in [5.74, 6) is 0.851. The fourth-order valence-corrected chi connectivity index (χ4v) is 3.06. The first-order valence-corrected chi connectivity index (χ1v) is 8.91. The molecule has 1 aromatic heterocycles. The lowest BCUT2D eigenvalue weighted by atomic mass is 10.1. The highest BCUT2D eigenvalue weighted by Crippen LogP contribution is 2.21. The normalized spacial score (nSPS) is 10.7. The fraction of sp³-hybridized carbons (Fsp3) is 0.286. The average Bonchev–Trinajstić information content (AvgIpc) is 2.96. The van der Waals surface area contributed by atoms with Gasteiger partial charge in [-0.15, -0.1) is 0 Å². The fourth-order valence-electron chi connectivity index (χ4n) is 3.06. The first-order valence-electron chi connectivity index (χ1n) is 8.91. The van der Waals surface area contributed by atoms with E-state index in [2.05, 4.69) is 34.7 Å². The maximum Gasteiger partial charge on any atom is 0.314 e. The molecule has 0 aliphatic heterocycles. The van der Waals surface area contributed by atoms with Crippen LogP contribution in [0.25, 0.3) is 10.9 Å². The lowest BCUT2D eigenvalue weighted by Crippen LogP contribution is -2.38. The van der Waals surface area contributed by atoms with Crippen molar-refractivity contribution in [3.63, 3.8) is 0 Å². The third kappa shape index (κ3) is 4.36. The summed E-state index contributed by atoms with van der Waals surface area (Å²) in [7, 11) is 0. The van der Waals surface area contributed by atoms with Gasteiger partial charge in [-0.25, -0.2) is 4.79 Å². The van der Waals surface area contributed by atoms with E-state index in [9.17, 15) is 4.79 Å². The highest BCUT2D eigenvalue weighted by atomic mass is 16.5. The zero-order chi connectivity index (χ0) is 18.4. The van der Waals surface area contributed by atoms with Crippen LogP contribution in [0.4, 0.5) is 4.79 Å². The van der Waals surface area contributed by atoms with Gasteiger partial charge in [0.05, 0.1) is 6.54 Å². The molecule has 0 unspecified atom stereocenters. The molecule has 3 rings (SSSR count). The van der Waals surface area contributed by atoms with Crippen LogP contribution in [0.1, 0.15) is 16.8 Å². The Bertz CT molecular complexity index is 886. The summed E-state index contributed by atoms with van der Waals surface area (Å²) in [5.41, 5.74) is 4.63. The van der Waals surface area contributed by atoms with Crippen LogP contribution in [0.15, 0.2) is 48.5 Å². The zero-order valence-corrected chi connectivity index (χ0v) is 15.3. The predicted molar refractivity (Wildman–Crippen MR) is 105 cm³/mol. The first kappa shape index (κ1) is 17.9. The Labute approximate surface area is 153 Å². The summed E-state index contributed by atoms with van der Waals surface area (Å²) in [4.78, 5) is 15.3. The number of para-hydroxylation sites is 2. The van der Waals surface area contributed by atoms with E-state index < -0.39 is 0 Å². The van der Waals surface area contributed by atoms with Gasteiger partial charge in [0.15, 0.2) is 0 Å². The smallest absolute Gasteiger partial charge is 0.314 e. The second-order valence-electron chi connectivity index (χ2n) is 6.32. The molecular weight excluding hydrogens is 326 g/mol. The summed E-state index contributed by atoms with van der Waals surface area (Å²) in [6, 6.07) is 15.9. The topological polar surface area (TPSA) is 66.2 Å². The van der Waals surface area contributed by atoms with E-state index in [0.29, 0.717) is 19.7 Å². The Morgan fingerprint density at radius 1 is 1.00 bits per heavy atom. The van der Waals surface area contributed by atoms with Crippen LogP contribution < -0.4 is 15.4 Å². The van der Waals surface area contributed by atoms with Gasteiger partial charge < -0.3 is 20.4 Å². The molecule has 3 aromatic rings. The van der Waals surface area contributed by atoms with Crippen molar-refractivity contribution < 1.29 is 9.53 Å². The number of aromatic nitrogens is 1. The van der Waals surface area contributed by atoms with Gasteiger partial charge in [0.25, 0.3) is 0 Å². The molecule has 0 spiro atoms. The minimum atomic E-state index is -0.170. The number of hydrogen-bond acceptors (Lipinski definition) is 2. The van der Waals surface area contributed by atoms with Crippen molar-refractivity contribution >= 4 is 16.9 Å². The van der Waals surface area contributed by atoms with Gasteiger partial charge in [0.2, 0.25) is 0 Å². The van der Waals surface area contributed by atoms with E-state index in [0.717, 1.165) is 28.9 Å². The highest BCUT2D eigenvalue weighted by molar-refractivity contribution is 5.84. The number of rotatable bonds is 7. The molecule has 136 valence electrons. The Morgan fingerprint density at radius 2 is 1.73 bits per heavy atom. The Morgan fingerprint density at radius 3 is 2.58 bits per heavy atom. The van der Waals surface area contributed by atoms with Crippen LogP contribution in [0, 0.1) is 13.8 Å². The number of carbonyl (C=O) groups excluding carboxylic acids is 1. The Kier molecular flexibility index (Phi) is 5.79. The van der Waals surface area contributed by atoms with Crippen molar-refractivity contribution in [1.82, 2.24) is 15.6 Å². The molecule has 26 heavy (non-hydrogen) atoms. The van der Waals surface area contributed by atoms with Gasteiger partial charge in [-0.1, -0.05) is 36.4 Å². The zero-order valence-electron chi connectivity index (χ0n) is 15.3. The van der Waals surface area contributed by atoms with Gasteiger partial charge in [-0.2, -0.15) is 0 Å². The van der Waals surface area contributed by atoms with E-state index in [1.54, 1.807) is 0 Å². The molecule has 2 amide bonds. The molecule has 0 atom stereocenters. The van der Waals surface area contributed by atoms with Crippen molar-refractivity contribution in [3.05, 3.63) is 65.4 Å². The molecule has 0 saturated heterocycles. The average molecular weight is 351 g/mol. The summed E-state index contributed by atoms with van der Waals surface area (Å²) in [6.07, 6.45) is 0.795. The number of nitrogens with one attached hydrogen (secondary N) is 3. The van der Waals surface area contributed by atoms with Crippen molar-refractivity contribution in [2.45, 2.75) is 20.3 Å². The number of ether oxygens (including phenoxy) is 1. The molecule has 0 aliphatic rings. The van der Waals surface area contributed by atoms with Crippen LogP contribution >= 0.6 is 0 Å². The molecule has 0 radical (unpaired) electrons. The maximum absolute atomic E-state index is 11.9. The summed E-state index contributed by atoms with van der Waals surface area (Å²) in [6.45, 7) is 5.57. The molecule has 0 aliphatic carbocycles. The Hall–Kier alpha value is -2.95. The maximum atomic E-state index is 11.9. The van der Waals surface area contributed by atoms with E-state index in [4.69, 9.17) is 4.74 Å². The molecule has 0 bridgehead atoms. The number of hydrogen-bond donors (Lipinski definition) is 3. The van der Waals surface area contributed by atoms with Crippen molar-refractivity contribution in [1.29, 1.82) is 0 Å². The Balaban J connectivity index is 1.39. The highest BCUT2D eigenvalue weighted by Gasteiger charge is 2.08. The van der Waals surface area contributed by atoms with Gasteiger partial charge in [-0.3, -0.25) is 0 Å². The minimum absolute atomic E-state index is 0.170. The molecule has 1 heterocycles. The van der Waals surface area contributed by atoms with Crippen molar-refractivity contribution in [2.24, 2.45) is 0 Å². The summed E-state index contributed by atoms with van der Waals surface area (Å²) in [5, 5.41) is 6.95. The second-order valence-corrected chi connectivity index (χ2v) is 6.32. The SMILES string of the molecule is Cc1ccccc1OCCNC(=O)NCCc1c(C)[nH]c2ccccc12. The standard InChI is InChI=1S/C21H25N3O2/c1-15-7-3-6-10-20(15)26-14-13-23-21(25)22-12-11-17-16(2)24-19-9-5-4-8-18(17)19/h3-10,24H,11-14H2,1-2H3,(H2,22,23,25). The molecule has 0 saturated carbocycles. The quantitative estimate of drug-likeness (QED) is 0.568. The van der Waals surface area contributed by atoms with E-state index in [1.807, 2.05) is 43.3 Å². The molecule has 5 heteroatoms. The number of amides is 2. The largest absolute Gasteiger partial charge is 0.491 e. The van der Waals surface area contributed by atoms with Crippen LogP contribution in [-0.4, -0.2) is 30.7 Å². The van der Waals surface area contributed by atoms with Crippen LogP contribution in [0.2, 0.25) is 0 Å². The molecule has 3 N–H and O–H groups in total. The van der Waals surface area contributed by atoms with Crippen molar-refractivity contribution in [3.8, 4) is 5.75 Å². The third-order valence-corrected chi connectivity index (χ3v) is 4.43. The molecule has 5 nitrogen and oxygen atoms in total. The van der Waals surface area contributed by atoms with Crippen LogP contribution in [0.5, 0.6) is 5.75 Å². The second kappa shape index (κ2) is 8.43. The number of aryl methyl sites for hydroxylation is 2. The molecular formula is C21H25N3O2. The van der Waals surface area contributed by atoms with Gasteiger partial charge in [-0.05, 0) is 43.5 Å². The van der Waals surface area contributed by atoms with Crippen LogP contribution in [-0.2, 0) is 6.42 Å². The lowest BCUT2D eigenvalue weighted by Gasteiger charge is -2.10. The van der Waals surface area contributed by atoms with Crippen molar-refractivity contribution in [2.75, 3.05) is 19.7 Å². The number of H-pyrrole nitrogens is 1. The first-order chi connectivity index (χ1) is 12.6.